The van der Waals surface area contributed by atoms with Crippen molar-refractivity contribution in [1.29, 1.82) is 0 Å². The van der Waals surface area contributed by atoms with E-state index in [1.54, 1.807) is 0 Å². The molecule has 1 N–H and O–H groups in total. The highest BCUT2D eigenvalue weighted by Crippen LogP contribution is 2.43. The second-order valence-corrected chi connectivity index (χ2v) is 9.73. The zero-order chi connectivity index (χ0) is 21.7. The first-order valence-electron chi connectivity index (χ1n) is 11.7. The molecule has 4 aliphatic rings. The summed E-state index contributed by atoms with van der Waals surface area (Å²) < 4.78 is 2.02. The molecule has 5 nitrogen and oxygen atoms in total. The van der Waals surface area contributed by atoms with Crippen LogP contribution in [0.1, 0.15) is 16.1 Å². The molecule has 5 heteroatoms. The molecule has 7 rings (SSSR count). The molecular formula is C27H30N4O. The zero-order valence-corrected chi connectivity index (χ0v) is 18.6. The van der Waals surface area contributed by atoms with Gasteiger partial charge in [-0.1, -0.05) is 60.7 Å². The van der Waals surface area contributed by atoms with Gasteiger partial charge in [0, 0.05) is 69.4 Å². The number of aromatic nitrogens is 1. The fraction of sp³-hybridized carbons (Fsp3) is 0.370. The number of rotatable bonds is 4. The molecule has 3 aromatic rings. The van der Waals surface area contributed by atoms with Gasteiger partial charge < -0.3 is 19.7 Å². The van der Waals surface area contributed by atoms with E-state index in [2.05, 4.69) is 63.6 Å². The van der Waals surface area contributed by atoms with Crippen LogP contribution in [-0.4, -0.2) is 65.6 Å². The second kappa shape index (κ2) is 7.61. The molecular weight excluding hydrogens is 396 g/mol. The molecule has 0 radical (unpaired) electrons. The van der Waals surface area contributed by atoms with Crippen LogP contribution in [0.4, 0.5) is 0 Å². The third kappa shape index (κ3) is 3.11. The first-order chi connectivity index (χ1) is 15.6. The Kier molecular flexibility index (Phi) is 4.70. The van der Waals surface area contributed by atoms with Gasteiger partial charge in [-0.2, -0.15) is 0 Å². The van der Waals surface area contributed by atoms with Crippen LogP contribution in [0, 0.1) is 5.92 Å². The Morgan fingerprint density at radius 1 is 0.875 bits per heavy atom. The van der Waals surface area contributed by atoms with Gasteiger partial charge in [0.15, 0.2) is 0 Å². The summed E-state index contributed by atoms with van der Waals surface area (Å²) in [6.07, 6.45) is 0. The molecule has 0 saturated carbocycles. The van der Waals surface area contributed by atoms with Gasteiger partial charge in [0.1, 0.15) is 5.69 Å². The minimum absolute atomic E-state index is 0.0335. The SMILES string of the molecule is Cn1c(C(=O)N[C@@H]2C3CN4CCN(C3)CC2(c2ccccc2)C4)ccc1-c1ccccc1. The van der Waals surface area contributed by atoms with Crippen LogP contribution in [0.2, 0.25) is 0 Å². The second-order valence-electron chi connectivity index (χ2n) is 9.73. The first kappa shape index (κ1) is 19.8. The van der Waals surface area contributed by atoms with Crippen molar-refractivity contribution >= 4 is 5.91 Å². The van der Waals surface area contributed by atoms with Crippen molar-refractivity contribution < 1.29 is 4.79 Å². The Hall–Kier alpha value is -2.89. The van der Waals surface area contributed by atoms with E-state index in [-0.39, 0.29) is 17.4 Å². The van der Waals surface area contributed by atoms with Gasteiger partial charge in [-0.25, -0.2) is 0 Å². The van der Waals surface area contributed by atoms with E-state index in [4.69, 9.17) is 0 Å². The molecule has 4 saturated heterocycles. The predicted octanol–water partition coefficient (Wildman–Crippen LogP) is 2.99. The number of hydrogen-bond acceptors (Lipinski definition) is 3. The lowest BCUT2D eigenvalue weighted by atomic mass is 9.64. The monoisotopic (exact) mass is 426 g/mol. The number of nitrogens with one attached hydrogen (secondary N) is 1. The number of carbonyl (C=O) groups excluding carboxylic acids is 1. The number of hydrogen-bond donors (Lipinski definition) is 1. The summed E-state index contributed by atoms with van der Waals surface area (Å²) in [7, 11) is 1.99. The van der Waals surface area contributed by atoms with Gasteiger partial charge in [-0.3, -0.25) is 4.79 Å². The molecule has 0 aliphatic carbocycles. The highest BCUT2D eigenvalue weighted by atomic mass is 16.2. The molecule has 4 fully saturated rings. The minimum atomic E-state index is -0.0674. The highest BCUT2D eigenvalue weighted by Gasteiger charge is 2.55. The van der Waals surface area contributed by atoms with Crippen molar-refractivity contribution in [2.75, 3.05) is 39.3 Å². The van der Waals surface area contributed by atoms with Crippen molar-refractivity contribution in [3.8, 4) is 11.3 Å². The molecule has 4 bridgehead atoms. The maximum absolute atomic E-state index is 13.6. The Bertz CT molecular complexity index is 1110. The topological polar surface area (TPSA) is 40.5 Å². The van der Waals surface area contributed by atoms with Crippen LogP contribution in [0.25, 0.3) is 11.3 Å². The number of fused-ring (bicyclic) bond motifs is 1. The molecule has 2 unspecified atom stereocenters. The van der Waals surface area contributed by atoms with Crippen molar-refractivity contribution in [3.05, 3.63) is 84.1 Å². The number of benzene rings is 2. The predicted molar refractivity (Wildman–Crippen MR) is 127 cm³/mol. The number of amides is 1. The van der Waals surface area contributed by atoms with E-state index in [9.17, 15) is 4.79 Å². The standard InChI is InChI=1S/C27H30N4O/c1-29-23(20-8-4-2-5-9-20)12-13-24(29)26(32)28-25-21-16-30-14-15-31(17-21)19-27(25,18-30)22-10-6-3-7-11-22/h2-13,21,25H,14-19H2,1H3,(H,28,32)/t21?,25-,27?/m1/s1. The van der Waals surface area contributed by atoms with Crippen molar-refractivity contribution in [2.45, 2.75) is 11.5 Å². The van der Waals surface area contributed by atoms with Crippen LogP contribution in [0.3, 0.4) is 0 Å². The van der Waals surface area contributed by atoms with Gasteiger partial charge in [0.2, 0.25) is 0 Å². The van der Waals surface area contributed by atoms with Crippen LogP contribution >= 0.6 is 0 Å². The average Bonchev–Trinajstić information content (AvgIpc) is 3.03. The fourth-order valence-electron chi connectivity index (χ4n) is 6.42. The Labute approximate surface area is 189 Å². The lowest BCUT2D eigenvalue weighted by molar-refractivity contribution is 0.0179. The van der Waals surface area contributed by atoms with E-state index in [1.165, 1.54) is 5.56 Å². The van der Waals surface area contributed by atoms with Gasteiger partial charge in [-0.05, 0) is 23.3 Å². The van der Waals surface area contributed by atoms with Crippen molar-refractivity contribution in [2.24, 2.45) is 13.0 Å². The summed E-state index contributed by atoms with van der Waals surface area (Å²) in [4.78, 5) is 18.8. The molecule has 0 spiro atoms. The maximum atomic E-state index is 13.6. The molecule has 1 amide bonds. The van der Waals surface area contributed by atoms with Crippen LogP contribution < -0.4 is 5.32 Å². The van der Waals surface area contributed by atoms with Gasteiger partial charge >= 0.3 is 0 Å². The van der Waals surface area contributed by atoms with Crippen LogP contribution in [-0.2, 0) is 12.5 Å². The Morgan fingerprint density at radius 2 is 1.50 bits per heavy atom. The van der Waals surface area contributed by atoms with E-state index in [1.807, 2.05) is 35.9 Å². The first-order valence-corrected chi connectivity index (χ1v) is 11.7. The molecule has 164 valence electrons. The van der Waals surface area contributed by atoms with E-state index in [0.29, 0.717) is 5.92 Å². The van der Waals surface area contributed by atoms with Gasteiger partial charge in [0.05, 0.1) is 0 Å². The fourth-order valence-corrected chi connectivity index (χ4v) is 6.42. The lowest BCUT2D eigenvalue weighted by Gasteiger charge is -2.55. The summed E-state index contributed by atoms with van der Waals surface area (Å²) in [6, 6.07) is 25.3. The lowest BCUT2D eigenvalue weighted by Crippen LogP contribution is -2.70. The summed E-state index contributed by atoms with van der Waals surface area (Å²) in [5, 5.41) is 3.54. The van der Waals surface area contributed by atoms with Gasteiger partial charge in [-0.15, -0.1) is 0 Å². The summed E-state index contributed by atoms with van der Waals surface area (Å²) >= 11 is 0. The van der Waals surface area contributed by atoms with Gasteiger partial charge in [0.25, 0.3) is 5.91 Å². The normalized spacial score (nSPS) is 30.8. The number of piperidine rings is 2. The highest BCUT2D eigenvalue weighted by molar-refractivity contribution is 5.94. The van der Waals surface area contributed by atoms with E-state index < -0.39 is 0 Å². The number of carbonyl (C=O) groups is 1. The minimum Gasteiger partial charge on any atom is -0.347 e. The zero-order valence-electron chi connectivity index (χ0n) is 18.6. The van der Waals surface area contributed by atoms with E-state index in [0.717, 1.165) is 56.2 Å². The van der Waals surface area contributed by atoms with Crippen molar-refractivity contribution in [3.63, 3.8) is 0 Å². The quantitative estimate of drug-likeness (QED) is 0.697. The molecule has 32 heavy (non-hydrogen) atoms. The molecule has 1 aromatic heterocycles. The largest absolute Gasteiger partial charge is 0.347 e. The van der Waals surface area contributed by atoms with Crippen LogP contribution in [0.5, 0.6) is 0 Å². The molecule has 2 aromatic carbocycles. The Balaban J connectivity index is 1.34. The third-order valence-electron chi connectivity index (χ3n) is 7.86. The Morgan fingerprint density at radius 3 is 2.16 bits per heavy atom. The summed E-state index contributed by atoms with van der Waals surface area (Å²) in [5.74, 6) is 0.476. The van der Waals surface area contributed by atoms with Crippen LogP contribution in [0.15, 0.2) is 72.8 Å². The smallest absolute Gasteiger partial charge is 0.268 e. The molecule has 3 atom stereocenters. The maximum Gasteiger partial charge on any atom is 0.268 e. The summed E-state index contributed by atoms with van der Waals surface area (Å²) in [6.45, 7) is 6.42. The average molecular weight is 427 g/mol. The summed E-state index contributed by atoms with van der Waals surface area (Å²) in [5.41, 5.74) is 4.19. The van der Waals surface area contributed by atoms with E-state index >= 15 is 0 Å². The van der Waals surface area contributed by atoms with Crippen molar-refractivity contribution in [1.82, 2.24) is 19.7 Å². The molecule has 4 aliphatic heterocycles. The molecule has 5 heterocycles. The third-order valence-corrected chi connectivity index (χ3v) is 7.86. The number of nitrogens with zero attached hydrogens (tertiary/aromatic N) is 3.